The molecule has 0 saturated heterocycles. The molecule has 9 nitrogen and oxygen atoms in total. The van der Waals surface area contributed by atoms with E-state index < -0.39 is 15.8 Å². The van der Waals surface area contributed by atoms with Crippen LogP contribution in [-0.2, 0) is 25.1 Å². The van der Waals surface area contributed by atoms with E-state index in [9.17, 15) is 18.0 Å². The van der Waals surface area contributed by atoms with Crippen LogP contribution in [-0.4, -0.2) is 47.9 Å². The number of sulfone groups is 1. The zero-order valence-corrected chi connectivity index (χ0v) is 20.8. The number of amides is 1. The maximum atomic E-state index is 13.0. The van der Waals surface area contributed by atoms with Gasteiger partial charge < -0.3 is 10.1 Å². The van der Waals surface area contributed by atoms with Gasteiger partial charge in [0.05, 0.1) is 23.3 Å². The second kappa shape index (κ2) is 11.2. The molecule has 1 N–H and O–H groups in total. The van der Waals surface area contributed by atoms with E-state index in [0.29, 0.717) is 22.1 Å². The number of hydrogen-bond acceptors (Lipinski definition) is 8. The lowest BCUT2D eigenvalue weighted by Gasteiger charge is -2.11. The van der Waals surface area contributed by atoms with E-state index in [1.165, 1.54) is 25.3 Å². The maximum absolute atomic E-state index is 13.0. The number of esters is 1. The molecule has 1 aromatic heterocycles. The van der Waals surface area contributed by atoms with Crippen LogP contribution < -0.4 is 5.32 Å². The minimum atomic E-state index is -3.67. The summed E-state index contributed by atoms with van der Waals surface area (Å²) in [6, 6.07) is 23.7. The van der Waals surface area contributed by atoms with E-state index >= 15 is 0 Å². The molecule has 0 radical (unpaired) electrons. The quantitative estimate of drug-likeness (QED) is 0.261. The highest BCUT2D eigenvalue weighted by atomic mass is 32.2. The van der Waals surface area contributed by atoms with E-state index in [1.807, 2.05) is 30.3 Å². The van der Waals surface area contributed by atoms with Crippen molar-refractivity contribution >= 4 is 39.2 Å². The van der Waals surface area contributed by atoms with Crippen LogP contribution >= 0.6 is 11.8 Å². The van der Waals surface area contributed by atoms with Gasteiger partial charge in [-0.1, -0.05) is 54.2 Å². The number of nitrogens with zero attached hydrogens (tertiary/aromatic N) is 3. The van der Waals surface area contributed by atoms with Crippen molar-refractivity contribution in [2.75, 3.05) is 18.2 Å². The Balaban J connectivity index is 1.54. The van der Waals surface area contributed by atoms with E-state index in [2.05, 4.69) is 15.5 Å². The number of benzene rings is 3. The second-order valence-electron chi connectivity index (χ2n) is 7.55. The second-order valence-corrected chi connectivity index (χ2v) is 10.5. The summed E-state index contributed by atoms with van der Waals surface area (Å²) in [6.07, 6.45) is 0. The number of methoxy groups -OCH3 is 1. The average molecular weight is 523 g/mol. The van der Waals surface area contributed by atoms with Gasteiger partial charge in [-0.2, -0.15) is 0 Å². The predicted molar refractivity (Wildman–Crippen MR) is 136 cm³/mol. The number of aromatic nitrogens is 3. The lowest BCUT2D eigenvalue weighted by molar-refractivity contribution is -0.113. The minimum Gasteiger partial charge on any atom is -0.465 e. The molecule has 4 rings (SSSR count). The summed E-state index contributed by atoms with van der Waals surface area (Å²) in [7, 11) is -2.38. The number of anilines is 1. The van der Waals surface area contributed by atoms with Crippen LogP contribution in [0.25, 0.3) is 5.69 Å². The van der Waals surface area contributed by atoms with Crippen LogP contribution in [0.3, 0.4) is 0 Å². The molecule has 0 aliphatic heterocycles. The number of nitrogens with one attached hydrogen (secondary N) is 1. The number of para-hydroxylation sites is 1. The van der Waals surface area contributed by atoms with Gasteiger partial charge in [-0.25, -0.2) is 13.2 Å². The summed E-state index contributed by atoms with van der Waals surface area (Å²) in [6.45, 7) is 0. The van der Waals surface area contributed by atoms with Crippen molar-refractivity contribution in [3.05, 3.63) is 96.3 Å². The Labute approximate surface area is 212 Å². The topological polar surface area (TPSA) is 120 Å². The number of carbonyl (C=O) groups excluding carboxylic acids is 2. The van der Waals surface area contributed by atoms with Crippen LogP contribution in [0.4, 0.5) is 5.69 Å². The molecular formula is C25H22N4O5S2. The molecule has 11 heteroatoms. The van der Waals surface area contributed by atoms with E-state index in [-0.39, 0.29) is 28.1 Å². The number of hydrogen-bond donors (Lipinski definition) is 1. The third-order valence-electron chi connectivity index (χ3n) is 5.04. The molecule has 1 amide bonds. The van der Waals surface area contributed by atoms with Gasteiger partial charge >= 0.3 is 5.97 Å². The average Bonchev–Trinajstić information content (AvgIpc) is 3.29. The first-order valence-electron chi connectivity index (χ1n) is 10.8. The third-order valence-corrected chi connectivity index (χ3v) is 7.59. The Hall–Kier alpha value is -3.96. The van der Waals surface area contributed by atoms with Gasteiger partial charge in [0.25, 0.3) is 0 Å². The summed E-state index contributed by atoms with van der Waals surface area (Å²) in [4.78, 5) is 24.5. The SMILES string of the molecule is COC(=O)c1cccc(NC(=O)CSc2nnc(CS(=O)(=O)c3ccccc3)n2-c2ccccc2)c1. The Bertz CT molecular complexity index is 1470. The molecule has 0 atom stereocenters. The highest BCUT2D eigenvalue weighted by molar-refractivity contribution is 7.99. The van der Waals surface area contributed by atoms with Crippen molar-refractivity contribution in [3.8, 4) is 5.69 Å². The first-order valence-corrected chi connectivity index (χ1v) is 13.4. The van der Waals surface area contributed by atoms with Gasteiger partial charge in [0.2, 0.25) is 5.91 Å². The minimum absolute atomic E-state index is 0.0150. The molecule has 0 bridgehead atoms. The Kier molecular flexibility index (Phi) is 7.81. The van der Waals surface area contributed by atoms with Gasteiger partial charge in [-0.15, -0.1) is 10.2 Å². The zero-order chi connectivity index (χ0) is 25.5. The van der Waals surface area contributed by atoms with Crippen molar-refractivity contribution < 1.29 is 22.7 Å². The molecule has 184 valence electrons. The highest BCUT2D eigenvalue weighted by Gasteiger charge is 2.23. The monoisotopic (exact) mass is 522 g/mol. The summed E-state index contributed by atoms with van der Waals surface area (Å²) in [5, 5.41) is 11.4. The molecule has 4 aromatic rings. The van der Waals surface area contributed by atoms with E-state index in [1.54, 1.807) is 41.0 Å². The Morgan fingerprint density at radius 1 is 0.944 bits per heavy atom. The maximum Gasteiger partial charge on any atom is 0.337 e. The lowest BCUT2D eigenvalue weighted by atomic mass is 10.2. The largest absolute Gasteiger partial charge is 0.465 e. The molecule has 0 aliphatic carbocycles. The normalized spacial score (nSPS) is 11.1. The predicted octanol–water partition coefficient (Wildman–Crippen LogP) is 3.76. The fourth-order valence-corrected chi connectivity index (χ4v) is 5.41. The van der Waals surface area contributed by atoms with Gasteiger partial charge in [0.1, 0.15) is 5.75 Å². The van der Waals surface area contributed by atoms with Crippen molar-refractivity contribution in [2.45, 2.75) is 15.8 Å². The van der Waals surface area contributed by atoms with Crippen LogP contribution in [0.1, 0.15) is 16.2 Å². The molecule has 0 spiro atoms. The van der Waals surface area contributed by atoms with Crippen LogP contribution in [0.15, 0.2) is 95.0 Å². The fourth-order valence-electron chi connectivity index (χ4n) is 3.37. The number of rotatable bonds is 9. The molecular weight excluding hydrogens is 500 g/mol. The summed E-state index contributed by atoms with van der Waals surface area (Å²) in [5.41, 5.74) is 1.44. The first-order chi connectivity index (χ1) is 17.4. The van der Waals surface area contributed by atoms with E-state index in [4.69, 9.17) is 4.74 Å². The standard InChI is InChI=1S/C25H22N4O5S2/c1-34-24(31)18-9-8-10-19(15-18)26-23(30)16-35-25-28-27-22(29(25)20-11-4-2-5-12-20)17-36(32,33)21-13-6-3-7-14-21/h2-15H,16-17H2,1H3,(H,26,30). The van der Waals surface area contributed by atoms with Gasteiger partial charge in [-0.3, -0.25) is 9.36 Å². The van der Waals surface area contributed by atoms with Crippen LogP contribution in [0.2, 0.25) is 0 Å². The van der Waals surface area contributed by atoms with Crippen LogP contribution in [0, 0.1) is 0 Å². The van der Waals surface area contributed by atoms with Gasteiger partial charge in [0.15, 0.2) is 20.8 Å². The number of ether oxygens (including phenoxy) is 1. The summed E-state index contributed by atoms with van der Waals surface area (Å²) >= 11 is 1.12. The molecule has 0 aliphatic rings. The molecule has 0 saturated carbocycles. The highest BCUT2D eigenvalue weighted by Crippen LogP contribution is 2.25. The van der Waals surface area contributed by atoms with Crippen molar-refractivity contribution in [1.82, 2.24) is 14.8 Å². The van der Waals surface area contributed by atoms with Gasteiger partial charge in [0, 0.05) is 11.4 Å². The molecule has 0 fully saturated rings. The first kappa shape index (κ1) is 25.1. The number of carbonyl (C=O) groups is 2. The van der Waals surface area contributed by atoms with Gasteiger partial charge in [-0.05, 0) is 42.5 Å². The van der Waals surface area contributed by atoms with Crippen LogP contribution in [0.5, 0.6) is 0 Å². The third kappa shape index (κ3) is 5.99. The summed E-state index contributed by atoms with van der Waals surface area (Å²) in [5.74, 6) is -0.971. The molecule has 3 aromatic carbocycles. The lowest BCUT2D eigenvalue weighted by Crippen LogP contribution is -2.15. The molecule has 36 heavy (non-hydrogen) atoms. The number of thioether (sulfide) groups is 1. The van der Waals surface area contributed by atoms with Crippen molar-refractivity contribution in [3.63, 3.8) is 0 Å². The summed E-state index contributed by atoms with van der Waals surface area (Å²) < 4.78 is 32.3. The molecule has 0 unspecified atom stereocenters. The van der Waals surface area contributed by atoms with Crippen molar-refractivity contribution in [2.24, 2.45) is 0 Å². The fraction of sp³-hybridized carbons (Fsp3) is 0.120. The van der Waals surface area contributed by atoms with Crippen molar-refractivity contribution in [1.29, 1.82) is 0 Å². The molecule has 1 heterocycles. The Morgan fingerprint density at radius 2 is 1.64 bits per heavy atom. The van der Waals surface area contributed by atoms with E-state index in [0.717, 1.165) is 11.8 Å². The Morgan fingerprint density at radius 3 is 2.33 bits per heavy atom. The smallest absolute Gasteiger partial charge is 0.337 e. The zero-order valence-electron chi connectivity index (χ0n) is 19.2.